The first-order valence-electron chi connectivity index (χ1n) is 20.1. The van der Waals surface area contributed by atoms with Crippen LogP contribution in [0.15, 0.2) is 0 Å². The van der Waals surface area contributed by atoms with Gasteiger partial charge in [0, 0.05) is 5.88 Å². The van der Waals surface area contributed by atoms with Crippen molar-refractivity contribution in [2.24, 2.45) is 0 Å². The summed E-state index contributed by atoms with van der Waals surface area (Å²) in [5.74, 6) is 0.863. The van der Waals surface area contributed by atoms with Gasteiger partial charge in [-0.25, -0.2) is 0 Å². The maximum atomic E-state index is 6.15. The molecule has 0 saturated heterocycles. The van der Waals surface area contributed by atoms with E-state index >= 15 is 0 Å². The molecule has 0 aliphatic carbocycles. The van der Waals surface area contributed by atoms with Crippen molar-refractivity contribution in [2.45, 2.75) is 232 Å². The average molecular weight is 629 g/mol. The number of rotatable bonds is 37. The fourth-order valence-electron chi connectivity index (χ4n) is 6.62. The van der Waals surface area contributed by atoms with Gasteiger partial charge in [-0.05, 0) is 32.0 Å². The van der Waals surface area contributed by atoms with Crippen molar-refractivity contribution >= 4 is 20.6 Å². The lowest BCUT2D eigenvalue weighted by atomic mass is 10.0. The highest BCUT2D eigenvalue weighted by Crippen LogP contribution is 2.16. The van der Waals surface area contributed by atoms with E-state index in [-0.39, 0.29) is 0 Å². The molecular formula is C39H82ClNSi. The van der Waals surface area contributed by atoms with Crippen LogP contribution in [-0.2, 0) is 0 Å². The lowest BCUT2D eigenvalue weighted by molar-refractivity contribution is 0.394. The molecule has 0 fully saturated rings. The van der Waals surface area contributed by atoms with E-state index in [1.54, 1.807) is 0 Å². The van der Waals surface area contributed by atoms with Crippen LogP contribution < -0.4 is 0 Å². The highest BCUT2D eigenvalue weighted by atomic mass is 35.5. The van der Waals surface area contributed by atoms with Crippen LogP contribution in [-0.4, -0.2) is 32.5 Å². The second-order valence-electron chi connectivity index (χ2n) is 14.0. The van der Waals surface area contributed by atoms with Crippen molar-refractivity contribution < 1.29 is 0 Å². The molecule has 0 amide bonds. The smallest absolute Gasteiger partial charge is 0.110 e. The zero-order valence-corrected chi connectivity index (χ0v) is 31.8. The Hall–Kier alpha value is 0.467. The van der Waals surface area contributed by atoms with Crippen LogP contribution in [0, 0.1) is 0 Å². The summed E-state index contributed by atoms with van der Waals surface area (Å²) in [5, 5.41) is 0. The molecule has 0 aromatic heterocycles. The lowest BCUT2D eigenvalue weighted by Gasteiger charge is -2.28. The Morgan fingerprint density at radius 2 is 0.571 bits per heavy atom. The van der Waals surface area contributed by atoms with Crippen LogP contribution >= 0.6 is 11.6 Å². The Morgan fingerprint density at radius 1 is 0.357 bits per heavy atom. The second kappa shape index (κ2) is 37.7. The molecule has 0 radical (unpaired) electrons. The molecule has 1 unspecified atom stereocenters. The van der Waals surface area contributed by atoms with E-state index in [1.807, 2.05) is 0 Å². The van der Waals surface area contributed by atoms with Crippen LogP contribution in [0.5, 0.6) is 0 Å². The summed E-state index contributed by atoms with van der Waals surface area (Å²) in [7, 11) is -0.805. The van der Waals surface area contributed by atoms with E-state index in [0.717, 1.165) is 5.88 Å². The number of alkyl halides is 1. The quantitative estimate of drug-likeness (QED) is 0.0376. The second-order valence-corrected chi connectivity index (χ2v) is 17.4. The Bertz CT molecular complexity index is 437. The van der Waals surface area contributed by atoms with Crippen LogP contribution in [0.4, 0.5) is 0 Å². The number of nitrogens with zero attached hydrogens (tertiary/aromatic N) is 1. The van der Waals surface area contributed by atoms with E-state index in [1.165, 1.54) is 225 Å². The Morgan fingerprint density at radius 3 is 0.786 bits per heavy atom. The number of unbranched alkanes of at least 4 members (excludes halogenated alkanes) is 30. The Kier molecular flexibility index (Phi) is 38.1. The Labute approximate surface area is 275 Å². The Balaban J connectivity index is 3.57. The van der Waals surface area contributed by atoms with Gasteiger partial charge in [0.1, 0.15) is 8.96 Å². The number of hydrogen-bond acceptors (Lipinski definition) is 1. The molecule has 0 aromatic carbocycles. The van der Waals surface area contributed by atoms with E-state index < -0.39 is 8.96 Å². The monoisotopic (exact) mass is 628 g/mol. The van der Waals surface area contributed by atoms with E-state index in [9.17, 15) is 0 Å². The zero-order valence-electron chi connectivity index (χ0n) is 29.9. The summed E-state index contributed by atoms with van der Waals surface area (Å²) in [6, 6.07) is 1.28. The van der Waals surface area contributed by atoms with Crippen LogP contribution in [0.25, 0.3) is 0 Å². The van der Waals surface area contributed by atoms with Crippen LogP contribution in [0.1, 0.15) is 219 Å². The minimum absolute atomic E-state index is 0.805. The summed E-state index contributed by atoms with van der Waals surface area (Å²) in [4.78, 5) is 0. The predicted molar refractivity (Wildman–Crippen MR) is 199 cm³/mol. The molecule has 0 rings (SSSR count). The van der Waals surface area contributed by atoms with Gasteiger partial charge >= 0.3 is 0 Å². The van der Waals surface area contributed by atoms with Crippen LogP contribution in [0.3, 0.4) is 0 Å². The maximum absolute atomic E-state index is 6.15. The van der Waals surface area contributed by atoms with Gasteiger partial charge in [0.05, 0.1) is 0 Å². The summed E-state index contributed by atoms with van der Waals surface area (Å²) >= 11 is 6.15. The highest BCUT2D eigenvalue weighted by Gasteiger charge is 2.14. The van der Waals surface area contributed by atoms with Gasteiger partial charge in [-0.3, -0.25) is 0 Å². The van der Waals surface area contributed by atoms with Gasteiger partial charge in [0.25, 0.3) is 0 Å². The van der Waals surface area contributed by atoms with Crippen LogP contribution in [0.2, 0.25) is 12.6 Å². The fraction of sp³-hybridized carbons (Fsp3) is 1.00. The summed E-state index contributed by atoms with van der Waals surface area (Å²) in [5.41, 5.74) is 0. The summed E-state index contributed by atoms with van der Waals surface area (Å²) in [6.45, 7) is 9.86. The van der Waals surface area contributed by atoms with E-state index in [0.29, 0.717) is 0 Å². The third kappa shape index (κ3) is 33.4. The number of halogens is 1. The molecule has 0 spiro atoms. The molecule has 1 atom stereocenters. The van der Waals surface area contributed by atoms with Crippen molar-refractivity contribution in [1.29, 1.82) is 0 Å². The molecular weight excluding hydrogens is 546 g/mol. The predicted octanol–water partition coefficient (Wildman–Crippen LogP) is 14.4. The summed E-state index contributed by atoms with van der Waals surface area (Å²) in [6.07, 6.45) is 46.6. The minimum Gasteiger partial charge on any atom is -0.326 e. The highest BCUT2D eigenvalue weighted by molar-refractivity contribution is 6.55. The molecule has 0 N–H and O–H groups in total. The van der Waals surface area contributed by atoms with E-state index in [2.05, 4.69) is 25.0 Å². The van der Waals surface area contributed by atoms with Crippen molar-refractivity contribution in [3.63, 3.8) is 0 Å². The normalized spacial score (nSPS) is 12.5. The molecule has 254 valence electrons. The van der Waals surface area contributed by atoms with Gasteiger partial charge in [-0.2, -0.15) is 0 Å². The van der Waals surface area contributed by atoms with Gasteiger partial charge < -0.3 is 4.57 Å². The third-order valence-electron chi connectivity index (χ3n) is 9.75. The molecule has 0 aliphatic rings. The zero-order chi connectivity index (χ0) is 30.6. The molecule has 0 aromatic rings. The first-order chi connectivity index (χ1) is 20.8. The molecule has 42 heavy (non-hydrogen) atoms. The van der Waals surface area contributed by atoms with Crippen molar-refractivity contribution in [2.75, 3.05) is 19.0 Å². The molecule has 3 heteroatoms. The number of hydrogen-bond donors (Lipinski definition) is 0. The van der Waals surface area contributed by atoms with Gasteiger partial charge in [-0.1, -0.05) is 213 Å². The lowest BCUT2D eigenvalue weighted by Crippen LogP contribution is -2.38. The molecule has 0 heterocycles. The van der Waals surface area contributed by atoms with Crippen molar-refractivity contribution in [1.82, 2.24) is 4.57 Å². The van der Waals surface area contributed by atoms with Crippen molar-refractivity contribution in [3.8, 4) is 0 Å². The summed E-state index contributed by atoms with van der Waals surface area (Å²) < 4.78 is 2.90. The largest absolute Gasteiger partial charge is 0.326 e. The van der Waals surface area contributed by atoms with E-state index in [4.69, 9.17) is 11.6 Å². The van der Waals surface area contributed by atoms with Crippen molar-refractivity contribution in [3.05, 3.63) is 0 Å². The molecule has 0 bridgehead atoms. The first-order valence-corrected chi connectivity index (χ1v) is 23.1. The van der Waals surface area contributed by atoms with Gasteiger partial charge in [0.2, 0.25) is 0 Å². The molecule has 1 nitrogen and oxygen atoms in total. The SMILES string of the molecule is CCCCCCCCCCCCCCCCCCN(CCCCCCCCCCCCCCCCCC)[SiH](C)CCCl. The molecule has 0 saturated carbocycles. The topological polar surface area (TPSA) is 3.24 Å². The first kappa shape index (κ1) is 42.5. The third-order valence-corrected chi connectivity index (χ3v) is 13.2. The molecule has 0 aliphatic heterocycles. The maximum Gasteiger partial charge on any atom is 0.110 e. The standard InChI is InChI=1S/C39H82ClNSi/c1-4-6-8-10-12-14-16-18-20-22-24-26-28-30-32-34-37-41(42(3)39-36-40)38-35-33-31-29-27-25-23-21-19-17-15-13-11-9-7-5-2/h42H,4-39H2,1-3H3. The van der Waals surface area contributed by atoms with Gasteiger partial charge in [0.15, 0.2) is 0 Å². The average Bonchev–Trinajstić information content (AvgIpc) is 2.99. The fourth-order valence-corrected chi connectivity index (χ4v) is 9.49. The van der Waals surface area contributed by atoms with Gasteiger partial charge in [-0.15, -0.1) is 11.6 Å². The minimum atomic E-state index is -0.805.